The fourth-order valence-electron chi connectivity index (χ4n) is 5.09. The summed E-state index contributed by atoms with van der Waals surface area (Å²) in [5.41, 5.74) is 4.77. The highest BCUT2D eigenvalue weighted by Gasteiger charge is 2.37. The highest BCUT2D eigenvalue weighted by Crippen LogP contribution is 2.43. The van der Waals surface area contributed by atoms with Crippen molar-refractivity contribution in [3.63, 3.8) is 0 Å². The van der Waals surface area contributed by atoms with Crippen LogP contribution in [-0.4, -0.2) is 59.2 Å². The second kappa shape index (κ2) is 10.2. The number of alkyl halides is 3. The van der Waals surface area contributed by atoms with E-state index >= 15 is 0 Å². The number of hydrogen-bond donors (Lipinski definition) is 1. The maximum Gasteiger partial charge on any atom is 0.418 e. The molecule has 0 bridgehead atoms. The smallest absolute Gasteiger partial charge is 0.418 e. The molecule has 1 saturated heterocycles. The first-order chi connectivity index (χ1) is 18.0. The predicted molar refractivity (Wildman–Crippen MR) is 139 cm³/mol. The van der Waals surface area contributed by atoms with Crippen molar-refractivity contribution in [2.24, 2.45) is 0 Å². The lowest BCUT2D eigenvalue weighted by Gasteiger charge is -2.27. The number of fused-ring (bicyclic) bond motifs is 1. The number of nitrogen functional groups attached to an aromatic ring is 1. The summed E-state index contributed by atoms with van der Waals surface area (Å²) < 4.78 is 62.3. The van der Waals surface area contributed by atoms with E-state index in [1.165, 1.54) is 31.2 Å². The number of ether oxygens (including phenoxy) is 1. The number of likely N-dealkylation sites (N-methyl/N-ethyl adjacent to an activating group) is 1. The van der Waals surface area contributed by atoms with Crippen molar-refractivity contribution >= 4 is 34.1 Å². The fourth-order valence-corrected chi connectivity index (χ4v) is 5.35. The highest BCUT2D eigenvalue weighted by atomic mass is 35.5. The molecule has 1 aromatic carbocycles. The quantitative estimate of drug-likeness (QED) is 0.403. The maximum atomic E-state index is 14.2. The summed E-state index contributed by atoms with van der Waals surface area (Å²) in [4.78, 5) is 17.0. The van der Waals surface area contributed by atoms with Crippen LogP contribution in [0.15, 0.2) is 30.1 Å². The van der Waals surface area contributed by atoms with Crippen LogP contribution in [0.4, 0.5) is 29.2 Å². The zero-order valence-electron chi connectivity index (χ0n) is 20.9. The van der Waals surface area contributed by atoms with Crippen LogP contribution < -0.4 is 15.4 Å². The number of nitrogens with two attached hydrogens (primary N) is 1. The van der Waals surface area contributed by atoms with Crippen LogP contribution in [0.1, 0.15) is 30.4 Å². The summed E-state index contributed by atoms with van der Waals surface area (Å²) >= 11 is 6.56. The van der Waals surface area contributed by atoms with Gasteiger partial charge in [0.1, 0.15) is 24.1 Å². The molecule has 1 fully saturated rings. The summed E-state index contributed by atoms with van der Waals surface area (Å²) in [6.45, 7) is 3.14. The molecule has 5 rings (SSSR count). The Morgan fingerprint density at radius 3 is 2.63 bits per heavy atom. The van der Waals surface area contributed by atoms with Crippen LogP contribution in [-0.2, 0) is 6.18 Å². The van der Waals surface area contributed by atoms with E-state index < -0.39 is 11.7 Å². The highest BCUT2D eigenvalue weighted by molar-refractivity contribution is 6.34. The third-order valence-corrected chi connectivity index (χ3v) is 7.31. The molecule has 4 heterocycles. The molecule has 0 spiro atoms. The number of pyridine rings is 1. The number of nitrogens with zero attached hydrogens (tertiary/aromatic N) is 5. The van der Waals surface area contributed by atoms with Gasteiger partial charge < -0.3 is 20.3 Å². The minimum Gasteiger partial charge on any atom is -0.462 e. The van der Waals surface area contributed by atoms with E-state index in [2.05, 4.69) is 19.9 Å². The molecule has 12 heteroatoms. The number of anilines is 2. The van der Waals surface area contributed by atoms with Crippen molar-refractivity contribution < 1.29 is 22.3 Å². The molecule has 0 radical (unpaired) electrons. The molecule has 38 heavy (non-hydrogen) atoms. The van der Waals surface area contributed by atoms with E-state index in [0.29, 0.717) is 36.3 Å². The van der Waals surface area contributed by atoms with Crippen molar-refractivity contribution in [2.75, 3.05) is 43.9 Å². The van der Waals surface area contributed by atoms with E-state index in [0.717, 1.165) is 19.4 Å². The molecule has 2 N–H and O–H groups in total. The fraction of sp³-hybridized carbons (Fsp3) is 0.423. The van der Waals surface area contributed by atoms with Gasteiger partial charge in [-0.25, -0.2) is 9.37 Å². The molecule has 0 saturated carbocycles. The normalized spacial score (nSPS) is 18.8. The number of likely N-dealkylation sites (tertiary alicyclic amines) is 1. The van der Waals surface area contributed by atoms with Crippen molar-refractivity contribution in [1.29, 1.82) is 0 Å². The summed E-state index contributed by atoms with van der Waals surface area (Å²) in [5, 5.41) is 0.479. The predicted octanol–water partition coefficient (Wildman–Crippen LogP) is 5.79. The topological polar surface area (TPSA) is 80.4 Å². The third-order valence-electron chi connectivity index (χ3n) is 7.00. The van der Waals surface area contributed by atoms with Gasteiger partial charge in [-0.15, -0.1) is 0 Å². The van der Waals surface area contributed by atoms with Gasteiger partial charge in [-0.1, -0.05) is 11.6 Å². The van der Waals surface area contributed by atoms with Gasteiger partial charge in [0.25, 0.3) is 0 Å². The molecule has 0 amide bonds. The molecule has 7 nitrogen and oxygen atoms in total. The van der Waals surface area contributed by atoms with Crippen LogP contribution in [0.3, 0.4) is 0 Å². The maximum absolute atomic E-state index is 14.2. The lowest BCUT2D eigenvalue weighted by Crippen LogP contribution is -2.32. The summed E-state index contributed by atoms with van der Waals surface area (Å²) in [6.07, 6.45) is -0.657. The minimum atomic E-state index is -4.69. The van der Waals surface area contributed by atoms with Crippen molar-refractivity contribution in [3.8, 4) is 17.3 Å². The molecule has 0 aliphatic carbocycles. The molecule has 2 aromatic heterocycles. The monoisotopic (exact) mass is 550 g/mol. The standard InChI is InChI=1S/C26H27ClF4N6O/c1-14-9-21(32)34-23(22(14)26(29,30)31)17-11-20-18(10-19(17)27)24(37-8-3-5-15(28)12-37)35-25(33-20)38-13-16-6-4-7-36(16)2/h5,9-11,16H,3-4,6-8,12-13H2,1-2H3,(H2,32,34). The Bertz CT molecular complexity index is 1410. The number of aromatic nitrogens is 3. The molecule has 1 unspecified atom stereocenters. The average molecular weight is 551 g/mol. The Morgan fingerprint density at radius 1 is 1.16 bits per heavy atom. The van der Waals surface area contributed by atoms with Gasteiger partial charge in [-0.05, 0) is 69.6 Å². The molecule has 3 aromatic rings. The van der Waals surface area contributed by atoms with Crippen LogP contribution in [0.5, 0.6) is 6.01 Å². The van der Waals surface area contributed by atoms with Crippen molar-refractivity contribution in [3.05, 3.63) is 46.3 Å². The van der Waals surface area contributed by atoms with Crippen molar-refractivity contribution in [1.82, 2.24) is 19.9 Å². The molecule has 2 aliphatic heterocycles. The Balaban J connectivity index is 1.65. The number of aryl methyl sites for hydroxylation is 1. The van der Waals surface area contributed by atoms with Gasteiger partial charge in [-0.2, -0.15) is 23.1 Å². The molecule has 202 valence electrons. The average Bonchev–Trinajstić information content (AvgIpc) is 3.25. The van der Waals surface area contributed by atoms with Crippen LogP contribution in [0, 0.1) is 6.92 Å². The number of benzene rings is 1. The summed E-state index contributed by atoms with van der Waals surface area (Å²) in [6, 6.07) is 4.36. The van der Waals surface area contributed by atoms with E-state index in [-0.39, 0.29) is 52.1 Å². The molecule has 1 atom stereocenters. The second-order valence-electron chi connectivity index (χ2n) is 9.71. The Kier molecular flexibility index (Phi) is 7.08. The largest absolute Gasteiger partial charge is 0.462 e. The first-order valence-corrected chi connectivity index (χ1v) is 12.7. The van der Waals surface area contributed by atoms with Gasteiger partial charge in [-0.3, -0.25) is 0 Å². The molecule has 2 aliphatic rings. The summed E-state index contributed by atoms with van der Waals surface area (Å²) in [5.74, 6) is 0.0367. The zero-order valence-corrected chi connectivity index (χ0v) is 21.7. The number of halogens is 5. The Hall–Kier alpha value is -3.18. The van der Waals surface area contributed by atoms with E-state index in [9.17, 15) is 17.6 Å². The summed E-state index contributed by atoms with van der Waals surface area (Å²) in [7, 11) is 2.02. The first-order valence-electron chi connectivity index (χ1n) is 12.3. The van der Waals surface area contributed by atoms with E-state index in [1.54, 1.807) is 4.90 Å². The molecular weight excluding hydrogens is 524 g/mol. The van der Waals surface area contributed by atoms with Crippen LogP contribution >= 0.6 is 11.6 Å². The van der Waals surface area contributed by atoms with Crippen LogP contribution in [0.25, 0.3) is 22.2 Å². The van der Waals surface area contributed by atoms with Gasteiger partial charge >= 0.3 is 12.2 Å². The third kappa shape index (κ3) is 5.22. The van der Waals surface area contributed by atoms with E-state index in [1.807, 2.05) is 7.05 Å². The lowest BCUT2D eigenvalue weighted by atomic mass is 9.99. The van der Waals surface area contributed by atoms with Gasteiger partial charge in [0, 0.05) is 23.5 Å². The SMILES string of the molecule is Cc1cc(N)nc(-c2cc3nc(OCC4CCCN4C)nc(N4CCC=C(F)C4)c3cc2Cl)c1C(F)(F)F. The first kappa shape index (κ1) is 26.4. The van der Waals surface area contributed by atoms with Gasteiger partial charge in [0.2, 0.25) is 0 Å². The Morgan fingerprint density at radius 2 is 1.95 bits per heavy atom. The van der Waals surface area contributed by atoms with E-state index in [4.69, 9.17) is 22.1 Å². The Labute approximate surface area is 222 Å². The van der Waals surface area contributed by atoms with Crippen LogP contribution in [0.2, 0.25) is 5.02 Å². The zero-order chi connectivity index (χ0) is 27.2. The molecular formula is C26H27ClF4N6O. The van der Waals surface area contributed by atoms with Crippen molar-refractivity contribution in [2.45, 2.75) is 38.4 Å². The number of hydrogen-bond acceptors (Lipinski definition) is 7. The second-order valence-corrected chi connectivity index (χ2v) is 10.1. The van der Waals surface area contributed by atoms with Gasteiger partial charge in [0.05, 0.1) is 28.3 Å². The number of rotatable bonds is 5. The van der Waals surface area contributed by atoms with Gasteiger partial charge in [0.15, 0.2) is 0 Å². The minimum absolute atomic E-state index is 0.00444. The lowest BCUT2D eigenvalue weighted by molar-refractivity contribution is -0.137.